The smallest absolute Gasteiger partial charge is 0.252 e. The van der Waals surface area contributed by atoms with Crippen molar-refractivity contribution in [2.24, 2.45) is 0 Å². The molecule has 1 aromatic carbocycles. The zero-order valence-electron chi connectivity index (χ0n) is 12.1. The first kappa shape index (κ1) is 16.6. The van der Waals surface area contributed by atoms with Crippen LogP contribution in [0.3, 0.4) is 0 Å². The Morgan fingerprint density at radius 2 is 1.81 bits per heavy atom. The third-order valence-electron chi connectivity index (χ3n) is 3.89. The van der Waals surface area contributed by atoms with Gasteiger partial charge in [-0.2, -0.15) is 0 Å². The predicted octanol–water partition coefficient (Wildman–Crippen LogP) is 4.04. The molecule has 0 atom stereocenters. The van der Waals surface area contributed by atoms with E-state index in [1.54, 1.807) is 18.2 Å². The molecule has 0 unspecified atom stereocenters. The number of hydrogen-bond donors (Lipinski definition) is 2. The van der Waals surface area contributed by atoms with Gasteiger partial charge in [0.05, 0.1) is 15.6 Å². The highest BCUT2D eigenvalue weighted by Gasteiger charge is 2.13. The average molecular weight is 329 g/mol. The molecule has 1 aromatic rings. The van der Waals surface area contributed by atoms with Crippen molar-refractivity contribution in [1.29, 1.82) is 0 Å². The third-order valence-corrected chi connectivity index (χ3v) is 4.71. The Morgan fingerprint density at radius 3 is 2.52 bits per heavy atom. The summed E-state index contributed by atoms with van der Waals surface area (Å²) < 4.78 is 0. The lowest BCUT2D eigenvalue weighted by atomic mass is 10.1. The van der Waals surface area contributed by atoms with Crippen molar-refractivity contribution in [3.8, 4) is 0 Å². The number of amides is 1. The van der Waals surface area contributed by atoms with Gasteiger partial charge in [0.2, 0.25) is 0 Å². The topological polar surface area (TPSA) is 41.1 Å². The SMILES string of the molecule is O=C(NCCNC1CCCCCC1)c1cccc(Cl)c1Cl. The maximum Gasteiger partial charge on any atom is 0.252 e. The van der Waals surface area contributed by atoms with E-state index >= 15 is 0 Å². The fourth-order valence-corrected chi connectivity index (χ4v) is 3.10. The summed E-state index contributed by atoms with van der Waals surface area (Å²) in [5.41, 5.74) is 0.429. The lowest BCUT2D eigenvalue weighted by molar-refractivity contribution is 0.0953. The Balaban J connectivity index is 1.73. The van der Waals surface area contributed by atoms with Gasteiger partial charge in [0.1, 0.15) is 0 Å². The van der Waals surface area contributed by atoms with Crippen molar-refractivity contribution in [2.45, 2.75) is 44.6 Å². The van der Waals surface area contributed by atoms with E-state index in [1.165, 1.54) is 38.5 Å². The van der Waals surface area contributed by atoms with Crippen molar-refractivity contribution in [3.63, 3.8) is 0 Å². The minimum atomic E-state index is -0.176. The van der Waals surface area contributed by atoms with Gasteiger partial charge >= 0.3 is 0 Å². The lowest BCUT2D eigenvalue weighted by Gasteiger charge is -2.16. The average Bonchev–Trinajstić information content (AvgIpc) is 2.75. The minimum Gasteiger partial charge on any atom is -0.351 e. The number of benzene rings is 1. The molecule has 1 fully saturated rings. The number of carbonyl (C=O) groups excluding carboxylic acids is 1. The van der Waals surface area contributed by atoms with E-state index in [9.17, 15) is 4.79 Å². The Bertz CT molecular complexity index is 471. The van der Waals surface area contributed by atoms with Crippen LogP contribution in [-0.2, 0) is 0 Å². The molecule has 1 saturated carbocycles. The summed E-state index contributed by atoms with van der Waals surface area (Å²) >= 11 is 11.9. The predicted molar refractivity (Wildman–Crippen MR) is 88.3 cm³/mol. The van der Waals surface area contributed by atoms with Crippen molar-refractivity contribution < 1.29 is 4.79 Å². The van der Waals surface area contributed by atoms with E-state index in [-0.39, 0.29) is 5.91 Å². The van der Waals surface area contributed by atoms with Crippen LogP contribution in [-0.4, -0.2) is 25.0 Å². The van der Waals surface area contributed by atoms with Crippen LogP contribution in [0, 0.1) is 0 Å². The number of hydrogen-bond acceptors (Lipinski definition) is 2. The largest absolute Gasteiger partial charge is 0.351 e. The van der Waals surface area contributed by atoms with Crippen LogP contribution in [0.2, 0.25) is 10.0 Å². The molecule has 0 bridgehead atoms. The normalized spacial score (nSPS) is 16.5. The number of carbonyl (C=O) groups is 1. The minimum absolute atomic E-state index is 0.176. The van der Waals surface area contributed by atoms with Crippen LogP contribution in [0.5, 0.6) is 0 Å². The molecular weight excluding hydrogens is 307 g/mol. The molecule has 2 N–H and O–H groups in total. The number of nitrogens with one attached hydrogen (secondary N) is 2. The molecule has 2 rings (SSSR count). The summed E-state index contributed by atoms with van der Waals surface area (Å²) in [4.78, 5) is 12.0. The zero-order valence-corrected chi connectivity index (χ0v) is 13.6. The number of rotatable bonds is 5. The maximum absolute atomic E-state index is 12.0. The van der Waals surface area contributed by atoms with Gasteiger partial charge in [-0.25, -0.2) is 0 Å². The van der Waals surface area contributed by atoms with E-state index in [0.717, 1.165) is 6.54 Å². The Labute approximate surface area is 136 Å². The summed E-state index contributed by atoms with van der Waals surface area (Å²) in [6.07, 6.45) is 7.80. The van der Waals surface area contributed by atoms with Gasteiger partial charge in [-0.15, -0.1) is 0 Å². The van der Waals surface area contributed by atoms with E-state index in [2.05, 4.69) is 10.6 Å². The van der Waals surface area contributed by atoms with Gasteiger partial charge in [-0.1, -0.05) is 55.0 Å². The van der Waals surface area contributed by atoms with Crippen LogP contribution >= 0.6 is 23.2 Å². The number of halogens is 2. The third kappa shape index (κ3) is 5.17. The highest BCUT2D eigenvalue weighted by Crippen LogP contribution is 2.25. The molecule has 116 valence electrons. The van der Waals surface area contributed by atoms with Gasteiger partial charge in [0.15, 0.2) is 0 Å². The van der Waals surface area contributed by atoms with Crippen LogP contribution in [0.15, 0.2) is 18.2 Å². The Kier molecular flexibility index (Phi) is 6.81. The Hall–Kier alpha value is -0.770. The molecule has 5 heteroatoms. The fraction of sp³-hybridized carbons (Fsp3) is 0.562. The van der Waals surface area contributed by atoms with Crippen molar-refractivity contribution in [1.82, 2.24) is 10.6 Å². The van der Waals surface area contributed by atoms with E-state index < -0.39 is 0 Å². The lowest BCUT2D eigenvalue weighted by Crippen LogP contribution is -2.36. The molecular formula is C16H22Cl2N2O. The van der Waals surface area contributed by atoms with Gasteiger partial charge in [-0.05, 0) is 25.0 Å². The summed E-state index contributed by atoms with van der Waals surface area (Å²) in [6.45, 7) is 1.38. The monoisotopic (exact) mass is 328 g/mol. The summed E-state index contributed by atoms with van der Waals surface area (Å²) in [6, 6.07) is 5.68. The molecule has 21 heavy (non-hydrogen) atoms. The van der Waals surface area contributed by atoms with Crippen molar-refractivity contribution in [2.75, 3.05) is 13.1 Å². The molecule has 1 amide bonds. The van der Waals surface area contributed by atoms with Gasteiger partial charge in [0.25, 0.3) is 5.91 Å². The molecule has 0 spiro atoms. The van der Waals surface area contributed by atoms with Crippen molar-refractivity contribution >= 4 is 29.1 Å². The highest BCUT2D eigenvalue weighted by molar-refractivity contribution is 6.43. The molecule has 0 aliphatic heterocycles. The quantitative estimate of drug-likeness (QED) is 0.632. The van der Waals surface area contributed by atoms with Crippen LogP contribution in [0.1, 0.15) is 48.9 Å². The van der Waals surface area contributed by atoms with Crippen LogP contribution in [0.25, 0.3) is 0 Å². The first-order chi connectivity index (χ1) is 10.2. The molecule has 0 saturated heterocycles. The Morgan fingerprint density at radius 1 is 1.10 bits per heavy atom. The summed E-state index contributed by atoms with van der Waals surface area (Å²) in [5, 5.41) is 7.12. The molecule has 0 radical (unpaired) electrons. The second-order valence-electron chi connectivity index (χ2n) is 5.50. The molecule has 3 nitrogen and oxygen atoms in total. The van der Waals surface area contributed by atoms with E-state index in [0.29, 0.717) is 28.2 Å². The van der Waals surface area contributed by atoms with Gasteiger partial charge in [-0.3, -0.25) is 4.79 Å². The van der Waals surface area contributed by atoms with E-state index in [1.807, 2.05) is 0 Å². The zero-order chi connectivity index (χ0) is 15.1. The molecule has 1 aliphatic rings. The molecule has 0 heterocycles. The summed E-state index contributed by atoms with van der Waals surface area (Å²) in [7, 11) is 0. The second kappa shape index (κ2) is 8.62. The second-order valence-corrected chi connectivity index (χ2v) is 6.29. The first-order valence-electron chi connectivity index (χ1n) is 7.64. The van der Waals surface area contributed by atoms with Crippen molar-refractivity contribution in [3.05, 3.63) is 33.8 Å². The summed E-state index contributed by atoms with van der Waals surface area (Å²) in [5.74, 6) is -0.176. The standard InChI is InChI=1S/C16H22Cl2N2O/c17-14-9-5-8-13(15(14)18)16(21)20-11-10-19-12-6-3-1-2-4-7-12/h5,8-9,12,19H,1-4,6-7,10-11H2,(H,20,21). The molecule has 0 aromatic heterocycles. The fourth-order valence-electron chi connectivity index (χ4n) is 2.71. The maximum atomic E-state index is 12.0. The van der Waals surface area contributed by atoms with E-state index in [4.69, 9.17) is 23.2 Å². The first-order valence-corrected chi connectivity index (χ1v) is 8.39. The highest BCUT2D eigenvalue weighted by atomic mass is 35.5. The van der Waals surface area contributed by atoms with Crippen LogP contribution in [0.4, 0.5) is 0 Å². The van der Waals surface area contributed by atoms with Gasteiger partial charge in [0, 0.05) is 19.1 Å². The molecule has 1 aliphatic carbocycles. The van der Waals surface area contributed by atoms with Gasteiger partial charge < -0.3 is 10.6 Å². The van der Waals surface area contributed by atoms with Crippen LogP contribution < -0.4 is 10.6 Å².